The van der Waals surface area contributed by atoms with E-state index in [9.17, 15) is 0 Å². The van der Waals surface area contributed by atoms with E-state index in [0.29, 0.717) is 12.0 Å². The van der Waals surface area contributed by atoms with Crippen LogP contribution in [0.3, 0.4) is 0 Å². The fourth-order valence-corrected chi connectivity index (χ4v) is 3.31. The summed E-state index contributed by atoms with van der Waals surface area (Å²) in [5, 5.41) is 0. The lowest BCUT2D eigenvalue weighted by Crippen LogP contribution is -2.50. The number of hydrogen-bond acceptors (Lipinski definition) is 1. The smallest absolute Gasteiger partial charge is 0.0139 e. The Kier molecular flexibility index (Phi) is 4.14. The van der Waals surface area contributed by atoms with Crippen LogP contribution < -0.4 is 5.73 Å². The van der Waals surface area contributed by atoms with E-state index < -0.39 is 0 Å². The minimum atomic E-state index is 0.272. The molecule has 1 aromatic rings. The monoisotopic (exact) mass is 343 g/mol. The van der Waals surface area contributed by atoms with Crippen molar-refractivity contribution in [3.63, 3.8) is 0 Å². The summed E-state index contributed by atoms with van der Waals surface area (Å²) < 4.78 is 1.30. The molecule has 2 heteroatoms. The van der Waals surface area contributed by atoms with Gasteiger partial charge in [0.05, 0.1) is 0 Å². The minimum absolute atomic E-state index is 0.272. The van der Waals surface area contributed by atoms with E-state index in [1.54, 1.807) is 0 Å². The number of nitrogens with two attached hydrogens (primary N) is 1. The average molecular weight is 343 g/mol. The van der Waals surface area contributed by atoms with Gasteiger partial charge in [-0.1, -0.05) is 32.4 Å². The van der Waals surface area contributed by atoms with Crippen molar-refractivity contribution in [3.05, 3.63) is 33.4 Å². The molecule has 2 rings (SSSR count). The lowest BCUT2D eigenvalue weighted by atomic mass is 9.59. The molecular weight excluding hydrogens is 321 g/mol. The van der Waals surface area contributed by atoms with Crippen LogP contribution in [-0.4, -0.2) is 6.04 Å². The van der Waals surface area contributed by atoms with Gasteiger partial charge >= 0.3 is 0 Å². The molecule has 0 heterocycles. The zero-order chi connectivity index (χ0) is 12.5. The van der Waals surface area contributed by atoms with E-state index in [2.05, 4.69) is 60.7 Å². The maximum absolute atomic E-state index is 6.48. The summed E-state index contributed by atoms with van der Waals surface area (Å²) in [4.78, 5) is 0. The lowest BCUT2D eigenvalue weighted by molar-refractivity contribution is 0.178. The molecule has 1 nitrogen and oxygen atoms in total. The molecule has 0 amide bonds. The van der Waals surface area contributed by atoms with Crippen LogP contribution in [0.15, 0.2) is 24.3 Å². The molecular formula is C15H22IN. The van der Waals surface area contributed by atoms with Gasteiger partial charge < -0.3 is 5.73 Å². The van der Waals surface area contributed by atoms with E-state index in [0.717, 1.165) is 6.42 Å². The second-order valence-electron chi connectivity index (χ2n) is 5.75. The third-order valence-corrected chi connectivity index (χ3v) is 4.82. The van der Waals surface area contributed by atoms with Crippen molar-refractivity contribution in [2.24, 2.45) is 11.7 Å². The van der Waals surface area contributed by atoms with E-state index in [-0.39, 0.29) is 5.41 Å². The van der Waals surface area contributed by atoms with Gasteiger partial charge in [-0.3, -0.25) is 0 Å². The first kappa shape index (κ1) is 13.3. The topological polar surface area (TPSA) is 26.0 Å². The first-order valence-electron chi connectivity index (χ1n) is 6.56. The highest BCUT2D eigenvalue weighted by molar-refractivity contribution is 14.1. The molecule has 1 atom stereocenters. The summed E-state index contributed by atoms with van der Waals surface area (Å²) in [5.41, 5.74) is 8.21. The first-order chi connectivity index (χ1) is 8.04. The second-order valence-corrected chi connectivity index (χ2v) is 7.00. The summed E-state index contributed by atoms with van der Waals surface area (Å²) in [5.74, 6) is 0.686. The third-order valence-electron chi connectivity index (χ3n) is 4.10. The Balaban J connectivity index is 2.22. The summed E-state index contributed by atoms with van der Waals surface area (Å²) in [6.45, 7) is 4.53. The fourth-order valence-electron chi connectivity index (χ4n) is 2.95. The van der Waals surface area contributed by atoms with Crippen molar-refractivity contribution >= 4 is 22.6 Å². The standard InChI is InChI=1S/C15H22IN/c1-11(2)10-14(17)15(8-3-9-15)12-4-6-13(16)7-5-12/h4-7,11,14H,3,8-10,17H2,1-2H3/t14-/m0/s1. The van der Waals surface area contributed by atoms with Gasteiger partial charge in [-0.15, -0.1) is 0 Å². The van der Waals surface area contributed by atoms with Gasteiger partial charge in [0.15, 0.2) is 0 Å². The van der Waals surface area contributed by atoms with Gasteiger partial charge in [0.1, 0.15) is 0 Å². The molecule has 1 aromatic carbocycles. The van der Waals surface area contributed by atoms with Crippen LogP contribution in [0.1, 0.15) is 45.1 Å². The van der Waals surface area contributed by atoms with Gasteiger partial charge in [0.25, 0.3) is 0 Å². The molecule has 1 aliphatic rings. The summed E-state index contributed by atoms with van der Waals surface area (Å²) >= 11 is 2.36. The SMILES string of the molecule is CC(C)C[C@H](N)C1(c2ccc(I)cc2)CCC1. The number of rotatable bonds is 4. The second kappa shape index (κ2) is 5.27. The molecule has 94 valence electrons. The van der Waals surface area contributed by atoms with Crippen LogP contribution in [0.4, 0.5) is 0 Å². The van der Waals surface area contributed by atoms with E-state index >= 15 is 0 Å². The molecule has 0 spiro atoms. The van der Waals surface area contributed by atoms with Crippen molar-refractivity contribution in [3.8, 4) is 0 Å². The van der Waals surface area contributed by atoms with Gasteiger partial charge in [0.2, 0.25) is 0 Å². The van der Waals surface area contributed by atoms with E-state index in [1.165, 1.54) is 28.4 Å². The maximum atomic E-state index is 6.48. The van der Waals surface area contributed by atoms with Crippen LogP contribution in [0.2, 0.25) is 0 Å². The van der Waals surface area contributed by atoms with Crippen molar-refractivity contribution in [2.45, 2.75) is 51.0 Å². The van der Waals surface area contributed by atoms with Crippen LogP contribution in [-0.2, 0) is 5.41 Å². The van der Waals surface area contributed by atoms with E-state index in [4.69, 9.17) is 5.73 Å². The zero-order valence-corrected chi connectivity index (χ0v) is 12.9. The fraction of sp³-hybridized carbons (Fsp3) is 0.600. The summed E-state index contributed by atoms with van der Waals surface area (Å²) in [6.07, 6.45) is 4.99. The molecule has 0 aromatic heterocycles. The Morgan fingerprint density at radius 1 is 1.24 bits per heavy atom. The van der Waals surface area contributed by atoms with Crippen molar-refractivity contribution in [1.82, 2.24) is 0 Å². The molecule has 17 heavy (non-hydrogen) atoms. The third kappa shape index (κ3) is 2.68. The first-order valence-corrected chi connectivity index (χ1v) is 7.64. The van der Waals surface area contributed by atoms with Crippen LogP contribution in [0, 0.1) is 9.49 Å². The normalized spacial score (nSPS) is 20.1. The van der Waals surface area contributed by atoms with Crippen molar-refractivity contribution < 1.29 is 0 Å². The van der Waals surface area contributed by atoms with Gasteiger partial charge in [-0.05, 0) is 65.5 Å². The number of hydrogen-bond donors (Lipinski definition) is 1. The largest absolute Gasteiger partial charge is 0.327 e. The molecule has 1 fully saturated rings. The minimum Gasteiger partial charge on any atom is -0.327 e. The maximum Gasteiger partial charge on any atom is 0.0139 e. The predicted octanol–water partition coefficient (Wildman–Crippen LogP) is 4.09. The molecule has 2 N–H and O–H groups in total. The molecule has 0 saturated heterocycles. The Hall–Kier alpha value is -0.0900. The van der Waals surface area contributed by atoms with E-state index in [1.807, 2.05) is 0 Å². The summed E-state index contributed by atoms with van der Waals surface area (Å²) in [6, 6.07) is 9.29. The van der Waals surface area contributed by atoms with Crippen LogP contribution >= 0.6 is 22.6 Å². The van der Waals surface area contributed by atoms with Gasteiger partial charge in [-0.25, -0.2) is 0 Å². The van der Waals surface area contributed by atoms with Crippen molar-refractivity contribution in [1.29, 1.82) is 0 Å². The highest BCUT2D eigenvalue weighted by Gasteiger charge is 2.43. The summed E-state index contributed by atoms with van der Waals surface area (Å²) in [7, 11) is 0. The van der Waals surface area contributed by atoms with Gasteiger partial charge in [0, 0.05) is 15.0 Å². The average Bonchev–Trinajstić information content (AvgIpc) is 2.18. The molecule has 0 unspecified atom stereocenters. The predicted molar refractivity (Wildman–Crippen MR) is 82.1 cm³/mol. The lowest BCUT2D eigenvalue weighted by Gasteiger charge is -2.47. The number of benzene rings is 1. The molecule has 1 aliphatic carbocycles. The quantitative estimate of drug-likeness (QED) is 0.819. The zero-order valence-electron chi connectivity index (χ0n) is 10.7. The van der Waals surface area contributed by atoms with Crippen molar-refractivity contribution in [2.75, 3.05) is 0 Å². The Labute approximate surface area is 118 Å². The number of halogens is 1. The molecule has 0 radical (unpaired) electrons. The highest BCUT2D eigenvalue weighted by atomic mass is 127. The van der Waals surface area contributed by atoms with Crippen LogP contribution in [0.5, 0.6) is 0 Å². The highest BCUT2D eigenvalue weighted by Crippen LogP contribution is 2.47. The molecule has 0 bridgehead atoms. The Bertz CT molecular complexity index is 365. The molecule has 0 aliphatic heterocycles. The molecule has 1 saturated carbocycles. The van der Waals surface area contributed by atoms with Gasteiger partial charge in [-0.2, -0.15) is 0 Å². The van der Waals surface area contributed by atoms with Crippen LogP contribution in [0.25, 0.3) is 0 Å². The Morgan fingerprint density at radius 3 is 2.24 bits per heavy atom. The Morgan fingerprint density at radius 2 is 1.82 bits per heavy atom.